The predicted octanol–water partition coefficient (Wildman–Crippen LogP) is 3.34. The van der Waals surface area contributed by atoms with Gasteiger partial charge in [-0.2, -0.15) is 5.26 Å². The van der Waals surface area contributed by atoms with Crippen molar-refractivity contribution in [2.45, 2.75) is 0 Å². The highest BCUT2D eigenvalue weighted by atomic mass is 35.5. The number of halogens is 2. The first kappa shape index (κ1) is 14.2. The Bertz CT molecular complexity index is 711. The second-order valence-electron chi connectivity index (χ2n) is 3.56. The minimum atomic E-state index is -0.606. The molecule has 0 saturated carbocycles. The van der Waals surface area contributed by atoms with Gasteiger partial charge in [0.05, 0.1) is 12.7 Å². The normalized spacial score (nSPS) is 9.90. The van der Waals surface area contributed by atoms with E-state index in [1.165, 1.54) is 19.2 Å². The number of nitrogens with one attached hydrogen (secondary N) is 1. The van der Waals surface area contributed by atoms with Gasteiger partial charge in [0.15, 0.2) is 15.2 Å². The van der Waals surface area contributed by atoms with E-state index in [0.717, 1.165) is 17.4 Å². The molecule has 1 aromatic carbocycles. The third kappa shape index (κ3) is 2.87. The summed E-state index contributed by atoms with van der Waals surface area (Å²) in [7, 11) is 1.24. The second kappa shape index (κ2) is 5.86. The lowest BCUT2D eigenvalue weighted by Gasteiger charge is -2.02. The van der Waals surface area contributed by atoms with Crippen LogP contribution in [0.2, 0.25) is 5.15 Å². The third-order valence-corrected chi connectivity index (χ3v) is 3.63. The lowest BCUT2D eigenvalue weighted by atomic mass is 10.2. The lowest BCUT2D eigenvalue weighted by Crippen LogP contribution is -1.98. The van der Waals surface area contributed by atoms with E-state index in [2.05, 4.69) is 15.0 Å². The summed E-state index contributed by atoms with van der Waals surface area (Å²) in [6.45, 7) is 0. The number of nitriles is 1. The monoisotopic (exact) mass is 311 g/mol. The van der Waals surface area contributed by atoms with E-state index in [0.29, 0.717) is 10.8 Å². The fourth-order valence-corrected chi connectivity index (χ4v) is 2.51. The maximum Gasteiger partial charge on any atom is 0.351 e. The average molecular weight is 312 g/mol. The molecule has 5 nitrogen and oxygen atoms in total. The first-order valence-corrected chi connectivity index (χ1v) is 6.46. The molecule has 0 spiro atoms. The summed E-state index contributed by atoms with van der Waals surface area (Å²) in [6, 6.07) is 5.68. The number of hydrogen-bond acceptors (Lipinski definition) is 6. The number of ether oxygens (including phenoxy) is 1. The highest BCUT2D eigenvalue weighted by Gasteiger charge is 2.17. The summed E-state index contributed by atoms with van der Waals surface area (Å²) in [4.78, 5) is 15.5. The zero-order chi connectivity index (χ0) is 14.7. The van der Waals surface area contributed by atoms with Gasteiger partial charge in [0.2, 0.25) is 0 Å². The van der Waals surface area contributed by atoms with E-state index >= 15 is 0 Å². The molecule has 0 amide bonds. The van der Waals surface area contributed by atoms with E-state index in [1.54, 1.807) is 6.07 Å². The summed E-state index contributed by atoms with van der Waals surface area (Å²) in [5.41, 5.74) is 0.371. The Morgan fingerprint density at radius 1 is 1.60 bits per heavy atom. The number of aromatic nitrogens is 1. The molecule has 0 unspecified atom stereocenters. The molecule has 0 aliphatic rings. The van der Waals surface area contributed by atoms with Gasteiger partial charge < -0.3 is 10.1 Å². The highest BCUT2D eigenvalue weighted by Crippen LogP contribution is 2.30. The topological polar surface area (TPSA) is 75.0 Å². The molecule has 0 radical (unpaired) electrons. The van der Waals surface area contributed by atoms with Crippen molar-refractivity contribution in [3.05, 3.63) is 39.6 Å². The summed E-state index contributed by atoms with van der Waals surface area (Å²) in [6.07, 6.45) is 0. The molecule has 0 atom stereocenters. The van der Waals surface area contributed by atoms with Crippen LogP contribution >= 0.6 is 22.9 Å². The Balaban J connectivity index is 2.27. The Labute approximate surface area is 122 Å². The van der Waals surface area contributed by atoms with Crippen LogP contribution < -0.4 is 5.32 Å². The number of thiazole rings is 1. The van der Waals surface area contributed by atoms with Crippen LogP contribution in [0.4, 0.5) is 15.2 Å². The molecule has 1 heterocycles. The van der Waals surface area contributed by atoms with Gasteiger partial charge in [-0.25, -0.2) is 14.2 Å². The molecule has 2 rings (SSSR count). The Morgan fingerprint density at radius 3 is 3.00 bits per heavy atom. The molecule has 20 heavy (non-hydrogen) atoms. The second-order valence-corrected chi connectivity index (χ2v) is 4.92. The summed E-state index contributed by atoms with van der Waals surface area (Å²) in [5, 5.41) is 12.0. The number of anilines is 2. The van der Waals surface area contributed by atoms with Crippen LogP contribution in [0.3, 0.4) is 0 Å². The number of benzene rings is 1. The maximum absolute atomic E-state index is 13.2. The number of carbonyl (C=O) groups is 1. The highest BCUT2D eigenvalue weighted by molar-refractivity contribution is 7.18. The van der Waals surface area contributed by atoms with Crippen molar-refractivity contribution in [3.63, 3.8) is 0 Å². The van der Waals surface area contributed by atoms with Gasteiger partial charge in [0, 0.05) is 5.69 Å². The number of hydrogen-bond donors (Lipinski definition) is 1. The Morgan fingerprint density at radius 2 is 2.35 bits per heavy atom. The zero-order valence-electron chi connectivity index (χ0n) is 10.1. The fourth-order valence-electron chi connectivity index (χ4n) is 1.39. The third-order valence-electron chi connectivity index (χ3n) is 2.29. The quantitative estimate of drug-likeness (QED) is 0.880. The summed E-state index contributed by atoms with van der Waals surface area (Å²) >= 11 is 6.81. The van der Waals surface area contributed by atoms with Crippen molar-refractivity contribution in [2.24, 2.45) is 0 Å². The van der Waals surface area contributed by atoms with Crippen molar-refractivity contribution in [1.29, 1.82) is 5.26 Å². The Kier molecular flexibility index (Phi) is 4.17. The van der Waals surface area contributed by atoms with Crippen LogP contribution in [0.15, 0.2) is 18.2 Å². The maximum atomic E-state index is 13.2. The van der Waals surface area contributed by atoms with E-state index in [1.807, 2.05) is 0 Å². The minimum absolute atomic E-state index is 0.0203. The van der Waals surface area contributed by atoms with Crippen LogP contribution in [0.25, 0.3) is 0 Å². The molecule has 2 aromatic rings. The minimum Gasteiger partial charge on any atom is -0.465 e. The fraction of sp³-hybridized carbons (Fsp3) is 0.0833. The molecular formula is C12H7ClFN3O2S. The molecule has 0 saturated heterocycles. The van der Waals surface area contributed by atoms with Crippen molar-refractivity contribution in [2.75, 3.05) is 12.4 Å². The molecule has 102 valence electrons. The van der Waals surface area contributed by atoms with Crippen LogP contribution in [0.1, 0.15) is 15.2 Å². The molecule has 0 fully saturated rings. The molecule has 0 aliphatic heterocycles. The van der Waals surface area contributed by atoms with Crippen LogP contribution in [-0.4, -0.2) is 18.1 Å². The van der Waals surface area contributed by atoms with Gasteiger partial charge in [-0.1, -0.05) is 22.9 Å². The van der Waals surface area contributed by atoms with E-state index in [9.17, 15) is 9.18 Å². The molecule has 0 aliphatic carbocycles. The predicted molar refractivity (Wildman–Crippen MR) is 72.9 cm³/mol. The van der Waals surface area contributed by atoms with Crippen molar-refractivity contribution < 1.29 is 13.9 Å². The molecule has 1 aromatic heterocycles. The number of esters is 1. The first-order chi connectivity index (χ1) is 9.55. The molecule has 1 N–H and O–H groups in total. The molecule has 0 bridgehead atoms. The van der Waals surface area contributed by atoms with Crippen molar-refractivity contribution >= 4 is 39.7 Å². The molecule has 8 heteroatoms. The van der Waals surface area contributed by atoms with Gasteiger partial charge in [0.1, 0.15) is 11.9 Å². The largest absolute Gasteiger partial charge is 0.465 e. The zero-order valence-corrected chi connectivity index (χ0v) is 11.7. The van der Waals surface area contributed by atoms with Gasteiger partial charge in [0.25, 0.3) is 0 Å². The number of nitrogens with zero attached hydrogens (tertiary/aromatic N) is 2. The van der Waals surface area contributed by atoms with Gasteiger partial charge in [-0.15, -0.1) is 0 Å². The van der Waals surface area contributed by atoms with Gasteiger partial charge in [-0.05, 0) is 18.2 Å². The van der Waals surface area contributed by atoms with Crippen LogP contribution in [0.5, 0.6) is 0 Å². The summed E-state index contributed by atoms with van der Waals surface area (Å²) < 4.78 is 17.7. The standard InChI is InChI=1S/C12H7ClFN3O2S/c1-19-11(18)9-10(13)17-12(20-9)16-7-2-3-8(14)6(4-7)5-15/h2-4H,1H3,(H,16,17). The first-order valence-electron chi connectivity index (χ1n) is 5.26. The van der Waals surface area contributed by atoms with Crippen molar-refractivity contribution in [1.82, 2.24) is 4.98 Å². The average Bonchev–Trinajstić information content (AvgIpc) is 2.80. The number of methoxy groups -OCH3 is 1. The van der Waals surface area contributed by atoms with Crippen molar-refractivity contribution in [3.8, 4) is 6.07 Å². The number of rotatable bonds is 3. The summed E-state index contributed by atoms with van der Waals surface area (Å²) in [5.74, 6) is -1.19. The van der Waals surface area contributed by atoms with Gasteiger partial charge >= 0.3 is 5.97 Å². The lowest BCUT2D eigenvalue weighted by molar-refractivity contribution is 0.0606. The number of carbonyl (C=O) groups excluding carboxylic acids is 1. The molecular weight excluding hydrogens is 305 g/mol. The van der Waals surface area contributed by atoms with E-state index in [-0.39, 0.29) is 15.6 Å². The smallest absolute Gasteiger partial charge is 0.351 e. The van der Waals surface area contributed by atoms with Crippen LogP contribution in [0, 0.1) is 17.1 Å². The van der Waals surface area contributed by atoms with Crippen LogP contribution in [-0.2, 0) is 4.74 Å². The van der Waals surface area contributed by atoms with E-state index < -0.39 is 11.8 Å². The SMILES string of the molecule is COC(=O)c1sc(Nc2ccc(F)c(C#N)c2)nc1Cl. The van der Waals surface area contributed by atoms with Gasteiger partial charge in [-0.3, -0.25) is 0 Å². The Hall–Kier alpha value is -2.17. The van der Waals surface area contributed by atoms with E-state index in [4.69, 9.17) is 16.9 Å².